The lowest BCUT2D eigenvalue weighted by atomic mass is 9.93. The molecule has 1 aromatic rings. The maximum atomic E-state index is 12.8. The van der Waals surface area contributed by atoms with Crippen LogP contribution >= 0.6 is 11.3 Å². The average molecular weight is 308 g/mol. The first-order valence-corrected chi connectivity index (χ1v) is 8.51. The first-order valence-electron chi connectivity index (χ1n) is 7.63. The summed E-state index contributed by atoms with van der Waals surface area (Å²) in [5, 5.41) is 4.95. The number of thiophene rings is 1. The van der Waals surface area contributed by atoms with Crippen LogP contribution in [0.5, 0.6) is 0 Å². The van der Waals surface area contributed by atoms with Crippen molar-refractivity contribution >= 4 is 23.2 Å². The van der Waals surface area contributed by atoms with E-state index in [9.17, 15) is 9.59 Å². The highest BCUT2D eigenvalue weighted by atomic mass is 32.1. The van der Waals surface area contributed by atoms with E-state index < -0.39 is 0 Å². The Morgan fingerprint density at radius 3 is 2.62 bits per heavy atom. The third kappa shape index (κ3) is 3.12. The summed E-state index contributed by atoms with van der Waals surface area (Å²) in [6, 6.07) is 1.33. The fourth-order valence-electron chi connectivity index (χ4n) is 2.72. The van der Waals surface area contributed by atoms with E-state index in [0.29, 0.717) is 13.0 Å². The number of amides is 2. The van der Waals surface area contributed by atoms with Gasteiger partial charge in [0, 0.05) is 4.88 Å². The number of hydrogen-bond acceptors (Lipinski definition) is 3. The Labute approximate surface area is 130 Å². The minimum atomic E-state index is -0.384. The lowest BCUT2D eigenvalue weighted by molar-refractivity contribution is -0.151. The van der Waals surface area contributed by atoms with Gasteiger partial charge in [0.2, 0.25) is 11.8 Å². The molecule has 4 nitrogen and oxygen atoms in total. The van der Waals surface area contributed by atoms with Gasteiger partial charge in [-0.15, -0.1) is 11.3 Å². The van der Waals surface area contributed by atoms with Gasteiger partial charge in [-0.2, -0.15) is 0 Å². The summed E-state index contributed by atoms with van der Waals surface area (Å²) >= 11 is 1.65. The fraction of sp³-hybridized carbons (Fsp3) is 0.625. The van der Waals surface area contributed by atoms with Crippen LogP contribution in [0.15, 0.2) is 11.4 Å². The van der Waals surface area contributed by atoms with Crippen LogP contribution in [0.25, 0.3) is 0 Å². The van der Waals surface area contributed by atoms with Gasteiger partial charge in [0.05, 0.1) is 6.54 Å². The molecule has 116 valence electrons. The molecule has 2 rings (SSSR count). The molecule has 1 aliphatic rings. The summed E-state index contributed by atoms with van der Waals surface area (Å²) in [6.45, 7) is 8.61. The maximum Gasteiger partial charge on any atom is 0.246 e. The highest BCUT2D eigenvalue weighted by Gasteiger charge is 2.41. The third-order valence-corrected chi connectivity index (χ3v) is 5.42. The summed E-state index contributed by atoms with van der Waals surface area (Å²) < 4.78 is 0. The molecule has 1 saturated heterocycles. The highest BCUT2D eigenvalue weighted by molar-refractivity contribution is 7.10. The average Bonchev–Trinajstić information content (AvgIpc) is 2.87. The number of carbonyl (C=O) groups excluding carboxylic acids is 2. The van der Waals surface area contributed by atoms with Crippen molar-refractivity contribution in [3.05, 3.63) is 21.9 Å². The Balaban J connectivity index is 2.26. The van der Waals surface area contributed by atoms with Crippen molar-refractivity contribution in [2.75, 3.05) is 0 Å². The SMILES string of the molecule is CCC(C)C1NC(=O)C(CC)N(Cc2sccc2C)C1=O. The van der Waals surface area contributed by atoms with Gasteiger partial charge < -0.3 is 10.2 Å². The number of carbonyl (C=O) groups is 2. The van der Waals surface area contributed by atoms with E-state index in [1.54, 1.807) is 16.2 Å². The first kappa shape index (κ1) is 16.0. The van der Waals surface area contributed by atoms with E-state index in [2.05, 4.69) is 11.4 Å². The molecule has 0 radical (unpaired) electrons. The topological polar surface area (TPSA) is 49.4 Å². The minimum absolute atomic E-state index is 0.0170. The molecule has 1 N–H and O–H groups in total. The van der Waals surface area contributed by atoms with Crippen molar-refractivity contribution in [2.24, 2.45) is 5.92 Å². The van der Waals surface area contributed by atoms with Crippen LogP contribution in [0.1, 0.15) is 44.1 Å². The van der Waals surface area contributed by atoms with Crippen LogP contribution in [-0.4, -0.2) is 28.8 Å². The molecule has 3 unspecified atom stereocenters. The molecule has 0 bridgehead atoms. The van der Waals surface area contributed by atoms with E-state index in [4.69, 9.17) is 0 Å². The summed E-state index contributed by atoms with van der Waals surface area (Å²) in [5.41, 5.74) is 1.19. The Kier molecular flexibility index (Phi) is 5.04. The molecule has 1 aliphatic heterocycles. The highest BCUT2D eigenvalue weighted by Crippen LogP contribution is 2.25. The zero-order valence-electron chi connectivity index (χ0n) is 13.2. The van der Waals surface area contributed by atoms with E-state index in [-0.39, 0.29) is 29.8 Å². The monoisotopic (exact) mass is 308 g/mol. The predicted molar refractivity (Wildman–Crippen MR) is 85.1 cm³/mol. The van der Waals surface area contributed by atoms with E-state index in [1.165, 1.54) is 10.4 Å². The van der Waals surface area contributed by atoms with E-state index in [0.717, 1.165) is 6.42 Å². The number of piperazine rings is 1. The van der Waals surface area contributed by atoms with Gasteiger partial charge in [-0.3, -0.25) is 9.59 Å². The summed E-state index contributed by atoms with van der Waals surface area (Å²) in [5.74, 6) is 0.200. The molecular weight excluding hydrogens is 284 g/mol. The van der Waals surface area contributed by atoms with Gasteiger partial charge in [-0.1, -0.05) is 27.2 Å². The summed E-state index contributed by atoms with van der Waals surface area (Å²) in [6.07, 6.45) is 1.52. The van der Waals surface area contributed by atoms with Crippen molar-refractivity contribution < 1.29 is 9.59 Å². The molecule has 0 aliphatic carbocycles. The van der Waals surface area contributed by atoms with E-state index >= 15 is 0 Å². The molecule has 3 atom stereocenters. The smallest absolute Gasteiger partial charge is 0.246 e. The fourth-order valence-corrected chi connectivity index (χ4v) is 3.63. The van der Waals surface area contributed by atoms with Crippen LogP contribution in [0.3, 0.4) is 0 Å². The van der Waals surface area contributed by atoms with Crippen molar-refractivity contribution in [3.63, 3.8) is 0 Å². The van der Waals surface area contributed by atoms with Crippen LogP contribution in [-0.2, 0) is 16.1 Å². The third-order valence-electron chi connectivity index (χ3n) is 4.41. The largest absolute Gasteiger partial charge is 0.342 e. The molecule has 0 aromatic carbocycles. The Morgan fingerprint density at radius 2 is 2.10 bits per heavy atom. The number of nitrogens with zero attached hydrogens (tertiary/aromatic N) is 1. The molecule has 0 spiro atoms. The van der Waals surface area contributed by atoms with Crippen molar-refractivity contribution in [2.45, 2.75) is 59.2 Å². The Hall–Kier alpha value is -1.36. The van der Waals surface area contributed by atoms with Crippen LogP contribution in [0.4, 0.5) is 0 Å². The molecule has 2 heterocycles. The zero-order valence-corrected chi connectivity index (χ0v) is 14.0. The summed E-state index contributed by atoms with van der Waals surface area (Å²) in [4.78, 5) is 28.1. The molecule has 0 saturated carbocycles. The minimum Gasteiger partial charge on any atom is -0.342 e. The lowest BCUT2D eigenvalue weighted by Gasteiger charge is -2.40. The standard InChI is InChI=1S/C16H24N2O2S/c1-5-10(3)14-16(20)18(12(6-2)15(19)17-14)9-13-11(4)7-8-21-13/h7-8,10,12,14H,5-6,9H2,1-4H3,(H,17,19). The normalized spacial score (nSPS) is 24.1. The lowest BCUT2D eigenvalue weighted by Crippen LogP contribution is -2.64. The van der Waals surface area contributed by atoms with Crippen molar-refractivity contribution in [3.8, 4) is 0 Å². The van der Waals surface area contributed by atoms with Gasteiger partial charge in [0.1, 0.15) is 12.1 Å². The van der Waals surface area contributed by atoms with Crippen molar-refractivity contribution in [1.29, 1.82) is 0 Å². The second kappa shape index (κ2) is 6.60. The molecule has 21 heavy (non-hydrogen) atoms. The Morgan fingerprint density at radius 1 is 1.38 bits per heavy atom. The van der Waals surface area contributed by atoms with Gasteiger partial charge in [-0.25, -0.2) is 0 Å². The van der Waals surface area contributed by atoms with Gasteiger partial charge in [0.25, 0.3) is 0 Å². The Bertz CT molecular complexity index is 526. The van der Waals surface area contributed by atoms with Crippen LogP contribution in [0.2, 0.25) is 0 Å². The van der Waals surface area contributed by atoms with Crippen LogP contribution < -0.4 is 5.32 Å². The number of nitrogens with one attached hydrogen (secondary N) is 1. The van der Waals surface area contributed by atoms with Crippen molar-refractivity contribution in [1.82, 2.24) is 10.2 Å². The molecule has 1 fully saturated rings. The first-order chi connectivity index (χ1) is 9.99. The van der Waals surface area contributed by atoms with Gasteiger partial charge >= 0.3 is 0 Å². The summed E-state index contributed by atoms with van der Waals surface area (Å²) in [7, 11) is 0. The predicted octanol–water partition coefficient (Wildman–Crippen LogP) is 2.71. The van der Waals surface area contributed by atoms with E-state index in [1.807, 2.05) is 33.1 Å². The zero-order chi connectivity index (χ0) is 15.6. The van der Waals surface area contributed by atoms with Gasteiger partial charge in [-0.05, 0) is 36.3 Å². The molecular formula is C16H24N2O2S. The molecule has 1 aromatic heterocycles. The number of rotatable bonds is 5. The van der Waals surface area contributed by atoms with Crippen LogP contribution in [0, 0.1) is 12.8 Å². The second-order valence-corrected chi connectivity index (χ2v) is 6.79. The quantitative estimate of drug-likeness (QED) is 0.909. The second-order valence-electron chi connectivity index (χ2n) is 5.79. The maximum absolute atomic E-state index is 12.8. The number of hydrogen-bond donors (Lipinski definition) is 1. The number of aryl methyl sites for hydroxylation is 1. The molecule has 5 heteroatoms. The van der Waals surface area contributed by atoms with Gasteiger partial charge in [0.15, 0.2) is 0 Å². The molecule has 2 amide bonds.